The van der Waals surface area contributed by atoms with Crippen molar-refractivity contribution in [2.75, 3.05) is 19.8 Å². The van der Waals surface area contributed by atoms with Crippen molar-refractivity contribution in [3.05, 3.63) is 0 Å². The molecule has 3 nitrogen and oxygen atoms in total. The first-order valence-electron chi connectivity index (χ1n) is 6.30. The van der Waals surface area contributed by atoms with E-state index in [1.54, 1.807) is 0 Å². The van der Waals surface area contributed by atoms with Crippen molar-refractivity contribution in [1.82, 2.24) is 0 Å². The van der Waals surface area contributed by atoms with E-state index in [0.29, 0.717) is 6.10 Å². The SMILES string of the molecule is NCCCOCC1CCC2(CCCC2)O1. The van der Waals surface area contributed by atoms with Crippen LogP contribution in [0.1, 0.15) is 44.9 Å². The summed E-state index contributed by atoms with van der Waals surface area (Å²) in [6, 6.07) is 0. The van der Waals surface area contributed by atoms with E-state index in [9.17, 15) is 0 Å². The highest BCUT2D eigenvalue weighted by molar-refractivity contribution is 4.92. The molecule has 1 aliphatic carbocycles. The highest BCUT2D eigenvalue weighted by Gasteiger charge is 2.41. The van der Waals surface area contributed by atoms with Crippen LogP contribution in [0.5, 0.6) is 0 Å². The van der Waals surface area contributed by atoms with E-state index in [1.807, 2.05) is 0 Å². The Kier molecular flexibility index (Phi) is 4.00. The van der Waals surface area contributed by atoms with E-state index in [1.165, 1.54) is 38.5 Å². The van der Waals surface area contributed by atoms with Crippen molar-refractivity contribution >= 4 is 0 Å². The zero-order valence-electron chi connectivity index (χ0n) is 9.54. The maximum absolute atomic E-state index is 6.13. The second-order valence-electron chi connectivity index (χ2n) is 4.89. The molecule has 2 fully saturated rings. The molecule has 1 saturated carbocycles. The summed E-state index contributed by atoms with van der Waals surface area (Å²) in [7, 11) is 0. The molecule has 0 aromatic rings. The molecular formula is C12H23NO2. The molecule has 0 radical (unpaired) electrons. The number of hydrogen-bond donors (Lipinski definition) is 1. The van der Waals surface area contributed by atoms with Crippen LogP contribution in [-0.2, 0) is 9.47 Å². The van der Waals surface area contributed by atoms with Crippen molar-refractivity contribution in [3.63, 3.8) is 0 Å². The van der Waals surface area contributed by atoms with Crippen LogP contribution in [0.15, 0.2) is 0 Å². The van der Waals surface area contributed by atoms with Crippen molar-refractivity contribution < 1.29 is 9.47 Å². The van der Waals surface area contributed by atoms with E-state index < -0.39 is 0 Å². The first-order valence-corrected chi connectivity index (χ1v) is 6.30. The maximum Gasteiger partial charge on any atom is 0.0817 e. The Hall–Kier alpha value is -0.120. The largest absolute Gasteiger partial charge is 0.379 e. The lowest BCUT2D eigenvalue weighted by molar-refractivity contribution is -0.0679. The molecule has 1 heterocycles. The molecule has 0 bridgehead atoms. The highest BCUT2D eigenvalue weighted by Crippen LogP contribution is 2.43. The predicted octanol–water partition coefficient (Wildman–Crippen LogP) is 1.84. The number of hydrogen-bond acceptors (Lipinski definition) is 3. The molecular weight excluding hydrogens is 190 g/mol. The van der Waals surface area contributed by atoms with Crippen LogP contribution in [0, 0.1) is 0 Å². The molecule has 3 heteroatoms. The van der Waals surface area contributed by atoms with Gasteiger partial charge in [-0.3, -0.25) is 0 Å². The van der Waals surface area contributed by atoms with Gasteiger partial charge in [-0.1, -0.05) is 12.8 Å². The van der Waals surface area contributed by atoms with Gasteiger partial charge >= 0.3 is 0 Å². The Bertz CT molecular complexity index is 190. The summed E-state index contributed by atoms with van der Waals surface area (Å²) >= 11 is 0. The number of ether oxygens (including phenoxy) is 2. The van der Waals surface area contributed by atoms with Crippen LogP contribution in [-0.4, -0.2) is 31.5 Å². The van der Waals surface area contributed by atoms with Crippen LogP contribution < -0.4 is 5.73 Å². The van der Waals surface area contributed by atoms with E-state index in [4.69, 9.17) is 15.2 Å². The van der Waals surface area contributed by atoms with Crippen molar-refractivity contribution in [1.29, 1.82) is 0 Å². The summed E-state index contributed by atoms with van der Waals surface area (Å²) in [5, 5.41) is 0. The number of nitrogens with two attached hydrogens (primary N) is 1. The van der Waals surface area contributed by atoms with Gasteiger partial charge in [-0.05, 0) is 38.6 Å². The summed E-state index contributed by atoms with van der Waals surface area (Å²) in [4.78, 5) is 0. The summed E-state index contributed by atoms with van der Waals surface area (Å²) in [5.41, 5.74) is 5.66. The molecule has 2 rings (SSSR count). The highest BCUT2D eigenvalue weighted by atomic mass is 16.6. The lowest BCUT2D eigenvalue weighted by atomic mass is 9.98. The predicted molar refractivity (Wildman–Crippen MR) is 59.8 cm³/mol. The van der Waals surface area contributed by atoms with Gasteiger partial charge in [-0.2, -0.15) is 0 Å². The molecule has 1 spiro atoms. The second kappa shape index (κ2) is 5.28. The zero-order valence-corrected chi connectivity index (χ0v) is 9.54. The fourth-order valence-electron chi connectivity index (χ4n) is 2.80. The Balaban J connectivity index is 1.64. The minimum absolute atomic E-state index is 0.252. The Morgan fingerprint density at radius 3 is 2.80 bits per heavy atom. The average Bonchev–Trinajstić information content (AvgIpc) is 2.85. The molecule has 88 valence electrons. The monoisotopic (exact) mass is 213 g/mol. The van der Waals surface area contributed by atoms with E-state index >= 15 is 0 Å². The fraction of sp³-hybridized carbons (Fsp3) is 1.00. The molecule has 1 saturated heterocycles. The van der Waals surface area contributed by atoms with E-state index in [2.05, 4.69) is 0 Å². The third-order valence-electron chi connectivity index (χ3n) is 3.65. The molecule has 0 aromatic carbocycles. The van der Waals surface area contributed by atoms with Gasteiger partial charge in [0.15, 0.2) is 0 Å². The molecule has 1 aliphatic heterocycles. The van der Waals surface area contributed by atoms with Crippen molar-refractivity contribution in [2.45, 2.75) is 56.7 Å². The first-order chi connectivity index (χ1) is 7.35. The quantitative estimate of drug-likeness (QED) is 0.709. The van der Waals surface area contributed by atoms with Gasteiger partial charge in [0, 0.05) is 6.61 Å². The lowest BCUT2D eigenvalue weighted by Gasteiger charge is -2.23. The maximum atomic E-state index is 6.13. The van der Waals surface area contributed by atoms with Crippen LogP contribution in [0.25, 0.3) is 0 Å². The third kappa shape index (κ3) is 2.92. The second-order valence-corrected chi connectivity index (χ2v) is 4.89. The summed E-state index contributed by atoms with van der Waals surface area (Å²) in [6.45, 7) is 2.26. The van der Waals surface area contributed by atoms with E-state index in [0.717, 1.165) is 26.2 Å². The minimum atomic E-state index is 0.252. The van der Waals surface area contributed by atoms with Crippen LogP contribution in [0.3, 0.4) is 0 Å². The molecule has 0 amide bonds. The lowest BCUT2D eigenvalue weighted by Crippen LogP contribution is -2.26. The smallest absolute Gasteiger partial charge is 0.0817 e. The molecule has 1 atom stereocenters. The van der Waals surface area contributed by atoms with Gasteiger partial charge in [0.1, 0.15) is 0 Å². The van der Waals surface area contributed by atoms with Gasteiger partial charge in [-0.25, -0.2) is 0 Å². The molecule has 1 unspecified atom stereocenters. The fourth-order valence-corrected chi connectivity index (χ4v) is 2.80. The molecule has 2 aliphatic rings. The van der Waals surface area contributed by atoms with E-state index in [-0.39, 0.29) is 5.60 Å². The minimum Gasteiger partial charge on any atom is -0.379 e. The van der Waals surface area contributed by atoms with Crippen molar-refractivity contribution in [2.24, 2.45) is 5.73 Å². The molecule has 0 aromatic heterocycles. The normalized spacial score (nSPS) is 29.0. The van der Waals surface area contributed by atoms with Gasteiger partial charge in [0.25, 0.3) is 0 Å². The van der Waals surface area contributed by atoms with Gasteiger partial charge in [0.2, 0.25) is 0 Å². The molecule has 15 heavy (non-hydrogen) atoms. The van der Waals surface area contributed by atoms with Crippen molar-refractivity contribution in [3.8, 4) is 0 Å². The van der Waals surface area contributed by atoms with Crippen LogP contribution in [0.2, 0.25) is 0 Å². The van der Waals surface area contributed by atoms with Crippen LogP contribution >= 0.6 is 0 Å². The summed E-state index contributed by atoms with van der Waals surface area (Å²) in [6.07, 6.45) is 8.97. The van der Waals surface area contributed by atoms with Gasteiger partial charge in [-0.15, -0.1) is 0 Å². The first kappa shape index (κ1) is 11.4. The van der Waals surface area contributed by atoms with Gasteiger partial charge < -0.3 is 15.2 Å². The average molecular weight is 213 g/mol. The molecule has 2 N–H and O–H groups in total. The van der Waals surface area contributed by atoms with Gasteiger partial charge in [0.05, 0.1) is 18.3 Å². The third-order valence-corrected chi connectivity index (χ3v) is 3.65. The standard InChI is InChI=1S/C12H23NO2/c13-8-3-9-14-10-11-4-7-12(15-11)5-1-2-6-12/h11H,1-10,13H2. The summed E-state index contributed by atoms with van der Waals surface area (Å²) < 4.78 is 11.7. The Morgan fingerprint density at radius 1 is 1.27 bits per heavy atom. The van der Waals surface area contributed by atoms with Crippen LogP contribution in [0.4, 0.5) is 0 Å². The Labute approximate surface area is 92.3 Å². The Morgan fingerprint density at radius 2 is 2.07 bits per heavy atom. The number of rotatable bonds is 5. The summed E-state index contributed by atoms with van der Waals surface area (Å²) in [5.74, 6) is 0. The zero-order chi connectivity index (χ0) is 10.6. The topological polar surface area (TPSA) is 44.5 Å².